The van der Waals surface area contributed by atoms with Gasteiger partial charge in [-0.2, -0.15) is 5.10 Å². The van der Waals surface area contributed by atoms with Crippen molar-refractivity contribution in [2.45, 2.75) is 26.0 Å². The van der Waals surface area contributed by atoms with Crippen molar-refractivity contribution >= 4 is 15.9 Å². The summed E-state index contributed by atoms with van der Waals surface area (Å²) in [5, 5.41) is 14.9. The average Bonchev–Trinajstić information content (AvgIpc) is 2.80. The van der Waals surface area contributed by atoms with E-state index in [1.807, 2.05) is 13.8 Å². The van der Waals surface area contributed by atoms with Crippen LogP contribution in [0, 0.1) is 0 Å². The molecule has 1 unspecified atom stereocenters. The molecule has 0 aliphatic carbocycles. The van der Waals surface area contributed by atoms with Crippen LogP contribution in [0.1, 0.15) is 37.3 Å². The molecule has 19 heavy (non-hydrogen) atoms. The first-order chi connectivity index (χ1) is 9.06. The molecule has 2 aromatic heterocycles. The third-order valence-electron chi connectivity index (χ3n) is 2.82. The first-order valence-electron chi connectivity index (χ1n) is 5.96. The molecule has 1 atom stereocenters. The Morgan fingerprint density at radius 2 is 2.16 bits per heavy atom. The molecule has 6 heteroatoms. The molecule has 0 saturated carbocycles. The minimum atomic E-state index is -0.845. The highest BCUT2D eigenvalue weighted by Gasteiger charge is 2.24. The Morgan fingerprint density at radius 3 is 2.79 bits per heavy atom. The van der Waals surface area contributed by atoms with E-state index in [-0.39, 0.29) is 6.04 Å². The average molecular weight is 326 g/mol. The van der Waals surface area contributed by atoms with Crippen LogP contribution in [0.5, 0.6) is 5.88 Å². The maximum Gasteiger partial charge on any atom is 0.219 e. The first kappa shape index (κ1) is 14.0. The van der Waals surface area contributed by atoms with E-state index >= 15 is 0 Å². The molecule has 0 aliphatic rings. The lowest BCUT2D eigenvalue weighted by atomic mass is 10.1. The van der Waals surface area contributed by atoms with Crippen molar-refractivity contribution in [3.63, 3.8) is 0 Å². The molecule has 0 amide bonds. The zero-order valence-electron chi connectivity index (χ0n) is 11.0. The zero-order valence-corrected chi connectivity index (χ0v) is 12.6. The predicted molar refractivity (Wildman–Crippen MR) is 75.2 cm³/mol. The number of aromatic nitrogens is 3. The van der Waals surface area contributed by atoms with Crippen molar-refractivity contribution in [3.05, 3.63) is 40.3 Å². The van der Waals surface area contributed by atoms with Crippen LogP contribution in [0.15, 0.2) is 29.0 Å². The minimum Gasteiger partial charge on any atom is -0.481 e. The van der Waals surface area contributed by atoms with Crippen molar-refractivity contribution in [3.8, 4) is 5.88 Å². The summed E-state index contributed by atoms with van der Waals surface area (Å²) >= 11 is 3.43. The molecule has 0 spiro atoms. The van der Waals surface area contributed by atoms with Crippen LogP contribution in [0.25, 0.3) is 0 Å². The number of halogens is 1. The van der Waals surface area contributed by atoms with Gasteiger partial charge in [0.2, 0.25) is 5.88 Å². The molecule has 0 aliphatic heterocycles. The molecular formula is C13H16BrN3O2. The molecule has 0 radical (unpaired) electrons. The van der Waals surface area contributed by atoms with Crippen LogP contribution < -0.4 is 4.74 Å². The fourth-order valence-corrected chi connectivity index (χ4v) is 2.44. The fourth-order valence-electron chi connectivity index (χ4n) is 1.95. The van der Waals surface area contributed by atoms with Crippen LogP contribution in [0.2, 0.25) is 0 Å². The molecule has 1 N–H and O–H groups in total. The molecule has 2 aromatic rings. The molecule has 2 heterocycles. The highest BCUT2D eigenvalue weighted by atomic mass is 79.9. The first-order valence-corrected chi connectivity index (χ1v) is 6.75. The van der Waals surface area contributed by atoms with Gasteiger partial charge in [-0.3, -0.25) is 4.68 Å². The third kappa shape index (κ3) is 2.64. The van der Waals surface area contributed by atoms with Gasteiger partial charge in [-0.05, 0) is 41.9 Å². The summed E-state index contributed by atoms with van der Waals surface area (Å²) in [6.45, 7) is 4.02. The van der Waals surface area contributed by atoms with E-state index in [9.17, 15) is 5.11 Å². The molecule has 0 bridgehead atoms. The summed E-state index contributed by atoms with van der Waals surface area (Å²) in [7, 11) is 1.54. The lowest BCUT2D eigenvalue weighted by molar-refractivity contribution is 0.198. The summed E-state index contributed by atoms with van der Waals surface area (Å²) in [5.74, 6) is 0.415. The van der Waals surface area contributed by atoms with Crippen molar-refractivity contribution in [1.29, 1.82) is 0 Å². The largest absolute Gasteiger partial charge is 0.481 e. The Morgan fingerprint density at radius 1 is 1.42 bits per heavy atom. The van der Waals surface area contributed by atoms with Gasteiger partial charge in [-0.1, -0.05) is 0 Å². The van der Waals surface area contributed by atoms with Crippen molar-refractivity contribution in [1.82, 2.24) is 14.8 Å². The van der Waals surface area contributed by atoms with Crippen molar-refractivity contribution in [2.24, 2.45) is 0 Å². The van der Waals surface area contributed by atoms with Gasteiger partial charge in [-0.15, -0.1) is 0 Å². The molecular weight excluding hydrogens is 310 g/mol. The minimum absolute atomic E-state index is 0.151. The zero-order chi connectivity index (χ0) is 14.0. The van der Waals surface area contributed by atoms with Gasteiger partial charge in [0.15, 0.2) is 0 Å². The van der Waals surface area contributed by atoms with Crippen LogP contribution in [-0.2, 0) is 0 Å². The second-order valence-corrected chi connectivity index (χ2v) is 5.27. The standard InChI is InChI=1S/C13H16BrN3O2/c1-8(2)17-11(10(14)7-16-17)12(18)9-5-4-6-15-13(9)19-3/h4-8,12,18H,1-3H3. The second kappa shape index (κ2) is 5.71. The lowest BCUT2D eigenvalue weighted by Crippen LogP contribution is -2.13. The highest BCUT2D eigenvalue weighted by molar-refractivity contribution is 9.10. The lowest BCUT2D eigenvalue weighted by Gasteiger charge is -2.18. The fraction of sp³-hybridized carbons (Fsp3) is 0.385. The molecule has 0 fully saturated rings. The van der Waals surface area contributed by atoms with E-state index in [0.717, 1.165) is 4.47 Å². The monoisotopic (exact) mass is 325 g/mol. The summed E-state index contributed by atoms with van der Waals surface area (Å²) < 4.78 is 7.73. The molecule has 2 rings (SSSR count). The van der Waals surface area contributed by atoms with Gasteiger partial charge in [-0.25, -0.2) is 4.98 Å². The number of aliphatic hydroxyl groups excluding tert-OH is 1. The van der Waals surface area contributed by atoms with E-state index in [4.69, 9.17) is 4.74 Å². The van der Waals surface area contributed by atoms with Crippen LogP contribution in [0.4, 0.5) is 0 Å². The number of rotatable bonds is 4. The smallest absolute Gasteiger partial charge is 0.219 e. The summed E-state index contributed by atoms with van der Waals surface area (Å²) in [6.07, 6.45) is 2.47. The van der Waals surface area contributed by atoms with Gasteiger partial charge < -0.3 is 9.84 Å². The number of methoxy groups -OCH3 is 1. The molecule has 102 valence electrons. The SMILES string of the molecule is COc1ncccc1C(O)c1c(Br)cnn1C(C)C. The number of ether oxygens (including phenoxy) is 1. The van der Waals surface area contributed by atoms with E-state index in [0.29, 0.717) is 17.1 Å². The summed E-state index contributed by atoms with van der Waals surface area (Å²) in [6, 6.07) is 3.71. The van der Waals surface area contributed by atoms with Gasteiger partial charge in [0.1, 0.15) is 6.10 Å². The van der Waals surface area contributed by atoms with E-state index in [1.165, 1.54) is 7.11 Å². The number of hydrogen-bond acceptors (Lipinski definition) is 4. The molecule has 5 nitrogen and oxygen atoms in total. The molecule has 0 aromatic carbocycles. The maximum atomic E-state index is 10.6. The van der Waals surface area contributed by atoms with Gasteiger partial charge in [0, 0.05) is 17.8 Å². The van der Waals surface area contributed by atoms with Crippen LogP contribution in [-0.4, -0.2) is 27.0 Å². The Balaban J connectivity index is 2.50. The van der Waals surface area contributed by atoms with E-state index < -0.39 is 6.10 Å². The Labute approximate surface area is 120 Å². The summed E-state index contributed by atoms with van der Waals surface area (Å²) in [4.78, 5) is 4.11. The Hall–Kier alpha value is -1.40. The Kier molecular flexibility index (Phi) is 4.21. The molecule has 0 saturated heterocycles. The van der Waals surface area contributed by atoms with Crippen molar-refractivity contribution < 1.29 is 9.84 Å². The van der Waals surface area contributed by atoms with E-state index in [2.05, 4.69) is 26.0 Å². The number of pyridine rings is 1. The van der Waals surface area contributed by atoms with Crippen molar-refractivity contribution in [2.75, 3.05) is 7.11 Å². The number of aliphatic hydroxyl groups is 1. The van der Waals surface area contributed by atoms with Crippen LogP contribution >= 0.6 is 15.9 Å². The number of hydrogen-bond donors (Lipinski definition) is 1. The summed E-state index contributed by atoms with van der Waals surface area (Å²) in [5.41, 5.74) is 1.31. The topological polar surface area (TPSA) is 60.2 Å². The predicted octanol–water partition coefficient (Wildman–Crippen LogP) is 2.71. The van der Waals surface area contributed by atoms with E-state index in [1.54, 1.807) is 29.2 Å². The maximum absolute atomic E-state index is 10.6. The van der Waals surface area contributed by atoms with Gasteiger partial charge in [0.25, 0.3) is 0 Å². The van der Waals surface area contributed by atoms with Crippen LogP contribution in [0.3, 0.4) is 0 Å². The van der Waals surface area contributed by atoms with Gasteiger partial charge >= 0.3 is 0 Å². The highest BCUT2D eigenvalue weighted by Crippen LogP contribution is 2.33. The Bertz CT molecular complexity index is 569. The van der Waals surface area contributed by atoms with Gasteiger partial charge in [0.05, 0.1) is 23.5 Å². The second-order valence-electron chi connectivity index (χ2n) is 4.42. The number of nitrogens with zero attached hydrogens (tertiary/aromatic N) is 3. The normalized spacial score (nSPS) is 12.7. The third-order valence-corrected chi connectivity index (χ3v) is 3.43. The quantitative estimate of drug-likeness (QED) is 0.938.